The van der Waals surface area contributed by atoms with Crippen molar-refractivity contribution < 1.29 is 0 Å². The summed E-state index contributed by atoms with van der Waals surface area (Å²) in [5.41, 5.74) is 8.20. The summed E-state index contributed by atoms with van der Waals surface area (Å²) in [7, 11) is 0. The first-order valence-corrected chi connectivity index (χ1v) is 6.15. The Bertz CT molecular complexity index is 510. The van der Waals surface area contributed by atoms with Gasteiger partial charge in [0.2, 0.25) is 0 Å². The lowest BCUT2D eigenvalue weighted by atomic mass is 10.2. The van der Waals surface area contributed by atoms with Crippen LogP contribution in [0.25, 0.3) is 11.5 Å². The quantitative estimate of drug-likeness (QED) is 0.941. The Morgan fingerprint density at radius 1 is 1.29 bits per heavy atom. The average Bonchev–Trinajstić information content (AvgIpc) is 2.29. The molecule has 0 aliphatic rings. The van der Waals surface area contributed by atoms with Crippen molar-refractivity contribution in [2.24, 2.45) is 5.73 Å². The van der Waals surface area contributed by atoms with Gasteiger partial charge in [-0.05, 0) is 47.6 Å². The Morgan fingerprint density at radius 3 is 2.76 bits per heavy atom. The maximum atomic E-state index is 5.54. The van der Waals surface area contributed by atoms with Crippen LogP contribution >= 0.6 is 15.9 Å². The van der Waals surface area contributed by atoms with E-state index in [1.54, 1.807) is 6.20 Å². The topological polar surface area (TPSA) is 64.7 Å². The molecule has 2 aromatic heterocycles. The van der Waals surface area contributed by atoms with Gasteiger partial charge in [0.05, 0.1) is 0 Å². The van der Waals surface area contributed by atoms with Gasteiger partial charge in [-0.3, -0.25) is 4.98 Å². The first-order chi connectivity index (χ1) is 8.19. The fourth-order valence-corrected chi connectivity index (χ4v) is 1.77. The van der Waals surface area contributed by atoms with Gasteiger partial charge >= 0.3 is 0 Å². The predicted octanol–water partition coefficient (Wildman–Crippen LogP) is 2.11. The zero-order chi connectivity index (χ0) is 12.3. The van der Waals surface area contributed by atoms with Crippen LogP contribution in [0.3, 0.4) is 0 Å². The normalized spacial score (nSPS) is 10.5. The van der Waals surface area contributed by atoms with Crippen molar-refractivity contribution in [3.63, 3.8) is 0 Å². The SMILES string of the molecule is Cc1cc(CCN)nc(-c2ccc(Br)cn2)n1. The van der Waals surface area contributed by atoms with Crippen LogP contribution in [0.1, 0.15) is 11.4 Å². The number of rotatable bonds is 3. The van der Waals surface area contributed by atoms with Gasteiger partial charge in [-0.1, -0.05) is 0 Å². The van der Waals surface area contributed by atoms with E-state index in [0.717, 1.165) is 28.0 Å². The zero-order valence-corrected chi connectivity index (χ0v) is 11.1. The van der Waals surface area contributed by atoms with Gasteiger partial charge in [-0.25, -0.2) is 9.97 Å². The fourth-order valence-electron chi connectivity index (χ4n) is 1.53. The van der Waals surface area contributed by atoms with E-state index in [1.165, 1.54) is 0 Å². The number of nitrogens with zero attached hydrogens (tertiary/aromatic N) is 3. The molecule has 2 N–H and O–H groups in total. The lowest BCUT2D eigenvalue weighted by Crippen LogP contribution is -2.06. The third-order valence-corrected chi connectivity index (χ3v) is 2.73. The molecule has 4 nitrogen and oxygen atoms in total. The summed E-state index contributed by atoms with van der Waals surface area (Å²) in [5, 5.41) is 0. The molecule has 0 aliphatic heterocycles. The average molecular weight is 293 g/mol. The first kappa shape index (κ1) is 12.1. The largest absolute Gasteiger partial charge is 0.330 e. The van der Waals surface area contributed by atoms with E-state index in [-0.39, 0.29) is 0 Å². The number of pyridine rings is 1. The van der Waals surface area contributed by atoms with E-state index < -0.39 is 0 Å². The number of halogens is 1. The van der Waals surface area contributed by atoms with E-state index in [2.05, 4.69) is 30.9 Å². The van der Waals surface area contributed by atoms with Crippen LogP contribution in [0.15, 0.2) is 28.9 Å². The molecule has 0 spiro atoms. The first-order valence-electron chi connectivity index (χ1n) is 5.35. The summed E-state index contributed by atoms with van der Waals surface area (Å²) in [5.74, 6) is 0.654. The highest BCUT2D eigenvalue weighted by atomic mass is 79.9. The second-order valence-electron chi connectivity index (χ2n) is 3.72. The molecule has 0 aromatic carbocycles. The van der Waals surface area contributed by atoms with Crippen molar-refractivity contribution in [1.29, 1.82) is 0 Å². The summed E-state index contributed by atoms with van der Waals surface area (Å²) < 4.78 is 0.941. The molecule has 0 saturated carbocycles. The maximum Gasteiger partial charge on any atom is 0.178 e. The van der Waals surface area contributed by atoms with Crippen molar-refractivity contribution in [3.8, 4) is 11.5 Å². The Labute approximate surface area is 108 Å². The van der Waals surface area contributed by atoms with E-state index in [0.29, 0.717) is 12.4 Å². The number of aromatic nitrogens is 3. The maximum absolute atomic E-state index is 5.54. The minimum Gasteiger partial charge on any atom is -0.330 e. The molecular formula is C12H13BrN4. The highest BCUT2D eigenvalue weighted by molar-refractivity contribution is 9.10. The summed E-state index contributed by atoms with van der Waals surface area (Å²) in [6, 6.07) is 5.77. The third-order valence-electron chi connectivity index (χ3n) is 2.26. The molecule has 0 saturated heterocycles. The third kappa shape index (κ3) is 3.08. The van der Waals surface area contributed by atoms with E-state index >= 15 is 0 Å². The molecule has 2 heterocycles. The summed E-state index contributed by atoms with van der Waals surface area (Å²) in [4.78, 5) is 13.1. The van der Waals surface area contributed by atoms with Crippen LogP contribution in [0.2, 0.25) is 0 Å². The van der Waals surface area contributed by atoms with Crippen molar-refractivity contribution in [2.45, 2.75) is 13.3 Å². The van der Waals surface area contributed by atoms with Gasteiger partial charge < -0.3 is 5.73 Å². The predicted molar refractivity (Wildman–Crippen MR) is 70.5 cm³/mol. The minimum atomic E-state index is 0.587. The van der Waals surface area contributed by atoms with Crippen LogP contribution < -0.4 is 5.73 Å². The smallest absolute Gasteiger partial charge is 0.178 e. The van der Waals surface area contributed by atoms with Crippen LogP contribution in [-0.2, 0) is 6.42 Å². The lowest BCUT2D eigenvalue weighted by molar-refractivity contribution is 0.902. The van der Waals surface area contributed by atoms with Crippen LogP contribution in [0.4, 0.5) is 0 Å². The molecule has 0 bridgehead atoms. The Morgan fingerprint density at radius 2 is 2.12 bits per heavy atom. The van der Waals surface area contributed by atoms with Gasteiger partial charge in [0.25, 0.3) is 0 Å². The van der Waals surface area contributed by atoms with Crippen molar-refractivity contribution in [2.75, 3.05) is 6.54 Å². The second kappa shape index (κ2) is 5.33. The molecular weight excluding hydrogens is 280 g/mol. The molecule has 0 amide bonds. The summed E-state index contributed by atoms with van der Waals surface area (Å²) in [6.07, 6.45) is 2.50. The molecule has 2 rings (SSSR count). The molecule has 17 heavy (non-hydrogen) atoms. The number of hydrogen-bond donors (Lipinski definition) is 1. The van der Waals surface area contributed by atoms with Crippen molar-refractivity contribution >= 4 is 15.9 Å². The number of nitrogens with two attached hydrogens (primary N) is 1. The summed E-state index contributed by atoms with van der Waals surface area (Å²) in [6.45, 7) is 2.54. The fraction of sp³-hybridized carbons (Fsp3) is 0.250. The second-order valence-corrected chi connectivity index (χ2v) is 4.64. The lowest BCUT2D eigenvalue weighted by Gasteiger charge is -2.04. The molecule has 2 aromatic rings. The molecule has 0 unspecified atom stereocenters. The Balaban J connectivity index is 2.40. The van der Waals surface area contributed by atoms with E-state index in [4.69, 9.17) is 5.73 Å². The molecule has 0 atom stereocenters. The summed E-state index contributed by atoms with van der Waals surface area (Å²) >= 11 is 3.35. The van der Waals surface area contributed by atoms with Crippen LogP contribution in [0, 0.1) is 6.92 Å². The Hall–Kier alpha value is -1.33. The highest BCUT2D eigenvalue weighted by Crippen LogP contribution is 2.16. The van der Waals surface area contributed by atoms with Gasteiger partial charge in [0.15, 0.2) is 5.82 Å². The number of hydrogen-bond acceptors (Lipinski definition) is 4. The van der Waals surface area contributed by atoms with Crippen LogP contribution in [-0.4, -0.2) is 21.5 Å². The monoisotopic (exact) mass is 292 g/mol. The van der Waals surface area contributed by atoms with Gasteiger partial charge in [-0.2, -0.15) is 0 Å². The van der Waals surface area contributed by atoms with E-state index in [1.807, 2.05) is 25.1 Å². The molecule has 0 fully saturated rings. The van der Waals surface area contributed by atoms with Crippen molar-refractivity contribution in [3.05, 3.63) is 40.3 Å². The number of aryl methyl sites for hydroxylation is 1. The van der Waals surface area contributed by atoms with Gasteiger partial charge in [0, 0.05) is 28.5 Å². The van der Waals surface area contributed by atoms with E-state index in [9.17, 15) is 0 Å². The Kier molecular flexibility index (Phi) is 3.81. The molecule has 0 aliphatic carbocycles. The van der Waals surface area contributed by atoms with Crippen LogP contribution in [0.5, 0.6) is 0 Å². The standard InChI is InChI=1S/C12H13BrN4/c1-8-6-10(4-5-14)17-12(16-8)11-3-2-9(13)7-15-11/h2-3,6-7H,4-5,14H2,1H3. The van der Waals surface area contributed by atoms with Gasteiger partial charge in [0.1, 0.15) is 5.69 Å². The molecule has 0 radical (unpaired) electrons. The zero-order valence-electron chi connectivity index (χ0n) is 9.52. The molecule has 88 valence electrons. The minimum absolute atomic E-state index is 0.587. The highest BCUT2D eigenvalue weighted by Gasteiger charge is 2.05. The van der Waals surface area contributed by atoms with Crippen molar-refractivity contribution in [1.82, 2.24) is 15.0 Å². The van der Waals surface area contributed by atoms with Gasteiger partial charge in [-0.15, -0.1) is 0 Å². The molecule has 5 heteroatoms.